The molecule has 0 saturated heterocycles. The van der Waals surface area contributed by atoms with Crippen molar-refractivity contribution in [1.82, 2.24) is 10.7 Å². The minimum atomic E-state index is -0.875. The van der Waals surface area contributed by atoms with Crippen LogP contribution in [0.4, 0.5) is 5.69 Å². The number of halogens is 1. The molecule has 0 aromatic heterocycles. The van der Waals surface area contributed by atoms with Crippen molar-refractivity contribution >= 4 is 41.2 Å². The number of hydrogen-bond acceptors (Lipinski definition) is 6. The van der Waals surface area contributed by atoms with E-state index < -0.39 is 11.8 Å². The number of rotatable bonds is 10. The largest absolute Gasteiger partial charge is 0.493 e. The molecule has 2 rings (SSSR count). The molecule has 0 unspecified atom stereocenters. The number of para-hydroxylation sites is 1. The van der Waals surface area contributed by atoms with Gasteiger partial charge in [-0.3, -0.25) is 14.4 Å². The highest BCUT2D eigenvalue weighted by atomic mass is 35.5. The number of ether oxygens (including phenoxy) is 2. The van der Waals surface area contributed by atoms with Crippen LogP contribution in [0.3, 0.4) is 0 Å². The van der Waals surface area contributed by atoms with Gasteiger partial charge in [-0.05, 0) is 36.2 Å². The zero-order valence-corrected chi connectivity index (χ0v) is 18.6. The van der Waals surface area contributed by atoms with Crippen LogP contribution in [0.2, 0.25) is 5.02 Å². The summed E-state index contributed by atoms with van der Waals surface area (Å²) in [7, 11) is 1.42. The van der Waals surface area contributed by atoms with Crippen LogP contribution >= 0.6 is 11.6 Å². The zero-order valence-electron chi connectivity index (χ0n) is 17.8. The number of anilines is 1. The Kier molecular flexibility index (Phi) is 9.99. The average Bonchev–Trinajstić information content (AvgIpc) is 2.78. The fourth-order valence-electron chi connectivity index (χ4n) is 2.49. The van der Waals surface area contributed by atoms with Gasteiger partial charge in [0.05, 0.1) is 18.3 Å². The molecular formula is C22H25ClN4O5. The van der Waals surface area contributed by atoms with Gasteiger partial charge >= 0.3 is 11.8 Å². The normalized spacial score (nSPS) is 10.5. The monoisotopic (exact) mass is 460 g/mol. The third-order valence-corrected chi connectivity index (χ3v) is 4.34. The first-order chi connectivity index (χ1) is 15.4. The lowest BCUT2D eigenvalue weighted by atomic mass is 10.2. The Hall–Kier alpha value is -3.59. The molecule has 9 nitrogen and oxygen atoms in total. The third kappa shape index (κ3) is 7.92. The molecule has 0 aliphatic heterocycles. The topological polar surface area (TPSA) is 118 Å². The molecule has 0 aliphatic carbocycles. The number of carbonyl (C=O) groups excluding carboxylic acids is 3. The number of nitrogens with zero attached hydrogens (tertiary/aromatic N) is 1. The molecule has 0 atom stereocenters. The Labute approximate surface area is 191 Å². The van der Waals surface area contributed by atoms with E-state index in [2.05, 4.69) is 21.2 Å². The summed E-state index contributed by atoms with van der Waals surface area (Å²) >= 11 is 6.27. The van der Waals surface area contributed by atoms with Crippen molar-refractivity contribution in [1.29, 1.82) is 0 Å². The number of unbranched alkanes of at least 4 members (excludes halogenated alkanes) is 1. The number of amides is 3. The second kappa shape index (κ2) is 13.0. The van der Waals surface area contributed by atoms with Crippen LogP contribution in [-0.4, -0.2) is 44.2 Å². The lowest BCUT2D eigenvalue weighted by Gasteiger charge is -2.13. The SMILES string of the molecule is CCCCNC(=O)C(=O)N/N=C\c1cc(Cl)c(OCC(=O)Nc2ccccc2)c(OC)c1. The molecular weight excluding hydrogens is 436 g/mol. The number of benzene rings is 2. The number of hydrazone groups is 1. The fraction of sp³-hybridized carbons (Fsp3) is 0.273. The van der Waals surface area contributed by atoms with Gasteiger partial charge in [-0.2, -0.15) is 5.10 Å². The Bertz CT molecular complexity index is 966. The zero-order chi connectivity index (χ0) is 23.3. The van der Waals surface area contributed by atoms with Crippen molar-refractivity contribution in [3.05, 3.63) is 53.1 Å². The van der Waals surface area contributed by atoms with Gasteiger partial charge in [0.2, 0.25) is 0 Å². The first kappa shape index (κ1) is 24.7. The first-order valence-electron chi connectivity index (χ1n) is 9.91. The summed E-state index contributed by atoms with van der Waals surface area (Å²) in [6.45, 7) is 2.12. The summed E-state index contributed by atoms with van der Waals surface area (Å²) < 4.78 is 10.8. The highest BCUT2D eigenvalue weighted by Gasteiger charge is 2.14. The minimum absolute atomic E-state index is 0.182. The predicted molar refractivity (Wildman–Crippen MR) is 122 cm³/mol. The van der Waals surface area contributed by atoms with Crippen molar-refractivity contribution in [3.63, 3.8) is 0 Å². The van der Waals surface area contributed by atoms with E-state index >= 15 is 0 Å². The van der Waals surface area contributed by atoms with Crippen LogP contribution in [0.5, 0.6) is 11.5 Å². The number of methoxy groups -OCH3 is 1. The average molecular weight is 461 g/mol. The highest BCUT2D eigenvalue weighted by molar-refractivity contribution is 6.35. The van der Waals surface area contributed by atoms with Crippen molar-refractivity contribution in [2.75, 3.05) is 25.6 Å². The van der Waals surface area contributed by atoms with E-state index in [-0.39, 0.29) is 29.0 Å². The van der Waals surface area contributed by atoms with Crippen LogP contribution in [0.15, 0.2) is 47.6 Å². The van der Waals surface area contributed by atoms with Crippen molar-refractivity contribution in [2.45, 2.75) is 19.8 Å². The quantitative estimate of drug-likeness (QED) is 0.218. The van der Waals surface area contributed by atoms with Crippen LogP contribution in [-0.2, 0) is 14.4 Å². The summed E-state index contributed by atoms with van der Waals surface area (Å²) in [5.74, 6) is -1.53. The molecule has 0 fully saturated rings. The van der Waals surface area contributed by atoms with Crippen LogP contribution < -0.4 is 25.5 Å². The van der Waals surface area contributed by atoms with Crippen molar-refractivity contribution in [2.24, 2.45) is 5.10 Å². The molecule has 0 bridgehead atoms. The molecule has 2 aromatic carbocycles. The van der Waals surface area contributed by atoms with Gasteiger partial charge in [0, 0.05) is 12.2 Å². The highest BCUT2D eigenvalue weighted by Crippen LogP contribution is 2.36. The molecule has 0 saturated carbocycles. The van der Waals surface area contributed by atoms with Gasteiger partial charge < -0.3 is 20.1 Å². The van der Waals surface area contributed by atoms with Gasteiger partial charge in [0.25, 0.3) is 5.91 Å². The molecule has 2 aromatic rings. The molecule has 0 heterocycles. The number of hydrogen-bond donors (Lipinski definition) is 3. The summed E-state index contributed by atoms with van der Waals surface area (Å²) in [4.78, 5) is 35.4. The fourth-order valence-corrected chi connectivity index (χ4v) is 2.76. The second-order valence-electron chi connectivity index (χ2n) is 6.55. The molecule has 32 heavy (non-hydrogen) atoms. The standard InChI is InChI=1S/C22H25ClN4O5/c1-3-4-10-24-21(29)22(30)27-25-13-15-11-17(23)20(18(12-15)31-2)32-14-19(28)26-16-8-6-5-7-9-16/h5-9,11-13H,3-4,10,14H2,1-2H3,(H,24,29)(H,26,28)(H,27,30)/b25-13-. The van der Waals surface area contributed by atoms with Crippen molar-refractivity contribution < 1.29 is 23.9 Å². The summed E-state index contributed by atoms with van der Waals surface area (Å²) in [5.41, 5.74) is 3.27. The molecule has 3 N–H and O–H groups in total. The predicted octanol–water partition coefficient (Wildman–Crippen LogP) is 2.73. The molecule has 0 aliphatic rings. The van der Waals surface area contributed by atoms with E-state index in [1.54, 1.807) is 30.3 Å². The van der Waals surface area contributed by atoms with E-state index in [9.17, 15) is 14.4 Å². The Morgan fingerprint density at radius 2 is 1.88 bits per heavy atom. The Morgan fingerprint density at radius 3 is 2.56 bits per heavy atom. The maximum atomic E-state index is 12.1. The number of nitrogens with one attached hydrogen (secondary N) is 3. The maximum absolute atomic E-state index is 12.1. The van der Waals surface area contributed by atoms with Crippen molar-refractivity contribution in [3.8, 4) is 11.5 Å². The molecule has 0 spiro atoms. The summed E-state index contributed by atoms with van der Waals surface area (Å²) in [6, 6.07) is 12.0. The van der Waals surface area contributed by atoms with Crippen LogP contribution in [0.25, 0.3) is 0 Å². The van der Waals surface area contributed by atoms with E-state index in [1.807, 2.05) is 13.0 Å². The van der Waals surface area contributed by atoms with E-state index in [1.165, 1.54) is 19.4 Å². The summed E-state index contributed by atoms with van der Waals surface area (Å²) in [5, 5.41) is 9.13. The number of carbonyl (C=O) groups is 3. The van der Waals surface area contributed by atoms with Gasteiger partial charge in [-0.1, -0.05) is 43.1 Å². The minimum Gasteiger partial charge on any atom is -0.493 e. The van der Waals surface area contributed by atoms with Gasteiger partial charge in [-0.25, -0.2) is 5.43 Å². The lowest BCUT2D eigenvalue weighted by Crippen LogP contribution is -2.38. The molecule has 10 heteroatoms. The van der Waals surface area contributed by atoms with E-state index in [4.69, 9.17) is 21.1 Å². The van der Waals surface area contributed by atoms with E-state index in [0.717, 1.165) is 12.8 Å². The third-order valence-electron chi connectivity index (χ3n) is 4.06. The van der Waals surface area contributed by atoms with Crippen LogP contribution in [0.1, 0.15) is 25.3 Å². The summed E-state index contributed by atoms with van der Waals surface area (Å²) in [6.07, 6.45) is 2.99. The second-order valence-corrected chi connectivity index (χ2v) is 6.95. The van der Waals surface area contributed by atoms with Gasteiger partial charge in [0.1, 0.15) is 0 Å². The maximum Gasteiger partial charge on any atom is 0.329 e. The van der Waals surface area contributed by atoms with Crippen LogP contribution in [0, 0.1) is 0 Å². The molecule has 3 amide bonds. The Balaban J connectivity index is 1.95. The first-order valence-corrected chi connectivity index (χ1v) is 10.3. The van der Waals surface area contributed by atoms with E-state index in [0.29, 0.717) is 17.8 Å². The Morgan fingerprint density at radius 1 is 1.12 bits per heavy atom. The smallest absolute Gasteiger partial charge is 0.329 e. The van der Waals surface area contributed by atoms with Gasteiger partial charge in [0.15, 0.2) is 18.1 Å². The molecule has 0 radical (unpaired) electrons. The molecule has 170 valence electrons. The van der Waals surface area contributed by atoms with Gasteiger partial charge in [-0.15, -0.1) is 0 Å². The lowest BCUT2D eigenvalue weighted by molar-refractivity contribution is -0.139.